The third-order valence-electron chi connectivity index (χ3n) is 3.19. The summed E-state index contributed by atoms with van der Waals surface area (Å²) in [5.41, 5.74) is 0.920. The summed E-state index contributed by atoms with van der Waals surface area (Å²) in [6.07, 6.45) is 1.75. The molecule has 1 saturated heterocycles. The second kappa shape index (κ2) is 4.96. The average Bonchev–Trinajstić information content (AvgIpc) is 2.79. The molecule has 2 rings (SSSR count). The fourth-order valence-corrected chi connectivity index (χ4v) is 3.90. The summed E-state index contributed by atoms with van der Waals surface area (Å²) in [7, 11) is -3.14. The molecule has 94 valence electrons. The Morgan fingerprint density at radius 3 is 2.76 bits per heavy atom. The SMILES string of the molecule is CCS(=O)(=O)N1CCCC1c1ccccc1Cl. The van der Waals surface area contributed by atoms with Crippen LogP contribution in [0.25, 0.3) is 0 Å². The van der Waals surface area contributed by atoms with Crippen molar-refractivity contribution in [2.75, 3.05) is 12.3 Å². The van der Waals surface area contributed by atoms with E-state index in [9.17, 15) is 8.42 Å². The third kappa shape index (κ3) is 2.49. The minimum Gasteiger partial charge on any atom is -0.212 e. The van der Waals surface area contributed by atoms with Gasteiger partial charge in [-0.05, 0) is 31.4 Å². The Bertz CT molecular complexity index is 501. The highest BCUT2D eigenvalue weighted by atomic mass is 35.5. The molecule has 3 nitrogen and oxygen atoms in total. The molecule has 0 aromatic heterocycles. The van der Waals surface area contributed by atoms with Gasteiger partial charge in [0.05, 0.1) is 11.8 Å². The lowest BCUT2D eigenvalue weighted by molar-refractivity contribution is 0.397. The maximum atomic E-state index is 12.0. The zero-order valence-corrected chi connectivity index (χ0v) is 11.3. The Morgan fingerprint density at radius 2 is 2.12 bits per heavy atom. The minimum atomic E-state index is -3.14. The van der Waals surface area contributed by atoms with Crippen molar-refractivity contribution < 1.29 is 8.42 Å². The number of hydrogen-bond acceptors (Lipinski definition) is 2. The maximum absolute atomic E-state index is 12.0. The van der Waals surface area contributed by atoms with E-state index in [-0.39, 0.29) is 11.8 Å². The van der Waals surface area contributed by atoms with Gasteiger partial charge in [0.25, 0.3) is 0 Å². The molecule has 0 bridgehead atoms. The number of halogens is 1. The predicted octanol–water partition coefficient (Wildman–Crippen LogP) is 2.83. The molecule has 1 aromatic rings. The van der Waals surface area contributed by atoms with Crippen LogP contribution in [0.2, 0.25) is 5.02 Å². The van der Waals surface area contributed by atoms with Crippen molar-refractivity contribution in [3.05, 3.63) is 34.9 Å². The Hall–Kier alpha value is -0.580. The fourth-order valence-electron chi connectivity index (χ4n) is 2.30. The van der Waals surface area contributed by atoms with Gasteiger partial charge in [0.1, 0.15) is 0 Å². The van der Waals surface area contributed by atoms with Gasteiger partial charge in [0.15, 0.2) is 0 Å². The van der Waals surface area contributed by atoms with Gasteiger partial charge in [0, 0.05) is 11.6 Å². The van der Waals surface area contributed by atoms with Crippen LogP contribution >= 0.6 is 11.6 Å². The molecule has 0 radical (unpaired) electrons. The first kappa shape index (κ1) is 12.9. The van der Waals surface area contributed by atoms with Gasteiger partial charge < -0.3 is 0 Å². The first-order chi connectivity index (χ1) is 8.06. The van der Waals surface area contributed by atoms with Crippen molar-refractivity contribution >= 4 is 21.6 Å². The zero-order chi connectivity index (χ0) is 12.5. The van der Waals surface area contributed by atoms with Gasteiger partial charge in [-0.15, -0.1) is 0 Å². The third-order valence-corrected chi connectivity index (χ3v) is 5.42. The van der Waals surface area contributed by atoms with Gasteiger partial charge in [-0.25, -0.2) is 8.42 Å². The molecule has 1 heterocycles. The standard InChI is InChI=1S/C12H16ClNO2S/c1-2-17(15,16)14-9-5-8-12(14)10-6-3-4-7-11(10)13/h3-4,6-7,12H,2,5,8-9H2,1H3. The molecule has 1 aliphatic heterocycles. The summed E-state index contributed by atoms with van der Waals surface area (Å²) in [5.74, 6) is 0.147. The molecule has 0 spiro atoms. The lowest BCUT2D eigenvalue weighted by Crippen LogP contribution is -2.31. The predicted molar refractivity (Wildman–Crippen MR) is 69.6 cm³/mol. The van der Waals surface area contributed by atoms with Gasteiger partial charge in [-0.2, -0.15) is 4.31 Å². The van der Waals surface area contributed by atoms with Crippen LogP contribution in [0.1, 0.15) is 31.4 Å². The molecule has 0 saturated carbocycles. The number of sulfonamides is 1. The lowest BCUT2D eigenvalue weighted by Gasteiger charge is -2.24. The average molecular weight is 274 g/mol. The van der Waals surface area contributed by atoms with Crippen molar-refractivity contribution in [3.8, 4) is 0 Å². The van der Waals surface area contributed by atoms with Crippen molar-refractivity contribution in [2.45, 2.75) is 25.8 Å². The van der Waals surface area contributed by atoms with Crippen LogP contribution in [0.5, 0.6) is 0 Å². The number of hydrogen-bond donors (Lipinski definition) is 0. The topological polar surface area (TPSA) is 37.4 Å². The van der Waals surface area contributed by atoms with Crippen molar-refractivity contribution in [1.82, 2.24) is 4.31 Å². The minimum absolute atomic E-state index is 0.0892. The van der Waals surface area contributed by atoms with Crippen LogP contribution in [-0.2, 0) is 10.0 Å². The lowest BCUT2D eigenvalue weighted by atomic mass is 10.1. The van der Waals surface area contributed by atoms with E-state index in [1.165, 1.54) is 0 Å². The van der Waals surface area contributed by atoms with E-state index < -0.39 is 10.0 Å². The second-order valence-corrected chi connectivity index (χ2v) is 6.81. The zero-order valence-electron chi connectivity index (χ0n) is 9.77. The molecule has 1 aliphatic rings. The monoisotopic (exact) mass is 273 g/mol. The summed E-state index contributed by atoms with van der Waals surface area (Å²) < 4.78 is 25.6. The summed E-state index contributed by atoms with van der Waals surface area (Å²) in [5, 5.41) is 0.649. The first-order valence-corrected chi connectivity index (χ1v) is 7.79. The number of nitrogens with zero attached hydrogens (tertiary/aromatic N) is 1. The van der Waals surface area contributed by atoms with Crippen LogP contribution < -0.4 is 0 Å². The normalized spacial score (nSPS) is 21.9. The molecule has 1 atom stereocenters. The molecule has 0 aliphatic carbocycles. The van der Waals surface area contributed by atoms with Crippen LogP contribution in [0.4, 0.5) is 0 Å². The molecular weight excluding hydrogens is 258 g/mol. The summed E-state index contributed by atoms with van der Waals surface area (Å²) in [4.78, 5) is 0. The Kier molecular flexibility index (Phi) is 3.76. The van der Waals surface area contributed by atoms with E-state index >= 15 is 0 Å². The summed E-state index contributed by atoms with van der Waals surface area (Å²) >= 11 is 6.14. The molecule has 5 heteroatoms. The number of benzene rings is 1. The van der Waals surface area contributed by atoms with Gasteiger partial charge in [-0.3, -0.25) is 0 Å². The van der Waals surface area contributed by atoms with E-state index in [1.54, 1.807) is 11.2 Å². The van der Waals surface area contributed by atoms with Gasteiger partial charge >= 0.3 is 0 Å². The molecule has 1 fully saturated rings. The summed E-state index contributed by atoms with van der Waals surface area (Å²) in [6.45, 7) is 2.28. The van der Waals surface area contributed by atoms with Crippen LogP contribution in [-0.4, -0.2) is 25.0 Å². The maximum Gasteiger partial charge on any atom is 0.214 e. The van der Waals surface area contributed by atoms with Crippen LogP contribution in [0.15, 0.2) is 24.3 Å². The second-order valence-electron chi connectivity index (χ2n) is 4.19. The Morgan fingerprint density at radius 1 is 1.41 bits per heavy atom. The fraction of sp³-hybridized carbons (Fsp3) is 0.500. The van der Waals surface area contributed by atoms with E-state index in [4.69, 9.17) is 11.6 Å². The van der Waals surface area contributed by atoms with Crippen molar-refractivity contribution in [1.29, 1.82) is 0 Å². The molecule has 0 amide bonds. The first-order valence-electron chi connectivity index (χ1n) is 5.80. The highest BCUT2D eigenvalue weighted by molar-refractivity contribution is 7.89. The molecule has 1 unspecified atom stereocenters. The number of rotatable bonds is 3. The van der Waals surface area contributed by atoms with Gasteiger partial charge in [0.2, 0.25) is 10.0 Å². The van der Waals surface area contributed by atoms with Gasteiger partial charge in [-0.1, -0.05) is 29.8 Å². The Labute approximate surface area is 107 Å². The van der Waals surface area contributed by atoms with Crippen molar-refractivity contribution in [3.63, 3.8) is 0 Å². The largest absolute Gasteiger partial charge is 0.214 e. The van der Waals surface area contributed by atoms with Crippen molar-refractivity contribution in [2.24, 2.45) is 0 Å². The summed E-state index contributed by atoms with van der Waals surface area (Å²) in [6, 6.07) is 7.40. The van der Waals surface area contributed by atoms with E-state index in [2.05, 4.69) is 0 Å². The molecular formula is C12H16ClNO2S. The smallest absolute Gasteiger partial charge is 0.212 e. The molecule has 17 heavy (non-hydrogen) atoms. The highest BCUT2D eigenvalue weighted by Crippen LogP contribution is 2.37. The van der Waals surface area contributed by atoms with E-state index in [0.717, 1.165) is 18.4 Å². The van der Waals surface area contributed by atoms with Crippen LogP contribution in [0, 0.1) is 0 Å². The molecule has 0 N–H and O–H groups in total. The van der Waals surface area contributed by atoms with E-state index in [0.29, 0.717) is 11.6 Å². The highest BCUT2D eigenvalue weighted by Gasteiger charge is 2.34. The molecule has 1 aromatic carbocycles. The van der Waals surface area contributed by atoms with E-state index in [1.807, 2.05) is 24.3 Å². The quantitative estimate of drug-likeness (QED) is 0.849. The van der Waals surface area contributed by atoms with Crippen LogP contribution in [0.3, 0.4) is 0 Å². The Balaban J connectivity index is 2.36.